The Morgan fingerprint density at radius 1 is 1.56 bits per heavy atom. The second-order valence-electron chi connectivity index (χ2n) is 4.87. The van der Waals surface area contributed by atoms with Crippen LogP contribution in [-0.4, -0.2) is 34.2 Å². The Morgan fingerprint density at radius 2 is 2.22 bits per heavy atom. The molecule has 1 aromatic carbocycles. The quantitative estimate of drug-likeness (QED) is 0.857. The molecule has 0 saturated carbocycles. The van der Waals surface area contributed by atoms with Crippen LogP contribution < -0.4 is 0 Å². The van der Waals surface area contributed by atoms with Gasteiger partial charge in [0, 0.05) is 19.6 Å². The second kappa shape index (κ2) is 4.94. The standard InChI is InChI=1S/C13H16FNO3/c1-8(13(17)18)10-6-15(7-10)5-9-2-3-12(16)11(14)4-9/h2-4,8,10,16H,5-7H2,1H3,(H,17,18). The fourth-order valence-corrected chi connectivity index (χ4v) is 2.16. The summed E-state index contributed by atoms with van der Waals surface area (Å²) in [6.07, 6.45) is 0. The molecule has 2 rings (SSSR count). The minimum Gasteiger partial charge on any atom is -0.505 e. The first-order valence-electron chi connectivity index (χ1n) is 5.90. The monoisotopic (exact) mass is 253 g/mol. The molecular weight excluding hydrogens is 237 g/mol. The lowest BCUT2D eigenvalue weighted by Crippen LogP contribution is -2.50. The number of carboxylic acids is 1. The summed E-state index contributed by atoms with van der Waals surface area (Å²) in [5.41, 5.74) is 0.784. The summed E-state index contributed by atoms with van der Waals surface area (Å²) in [6, 6.07) is 4.32. The van der Waals surface area contributed by atoms with Gasteiger partial charge in [-0.25, -0.2) is 4.39 Å². The van der Waals surface area contributed by atoms with Crippen molar-refractivity contribution >= 4 is 5.97 Å². The molecule has 1 aliphatic rings. The summed E-state index contributed by atoms with van der Waals surface area (Å²) in [5.74, 6) is -1.90. The highest BCUT2D eigenvalue weighted by atomic mass is 19.1. The van der Waals surface area contributed by atoms with Crippen LogP contribution in [0.2, 0.25) is 0 Å². The summed E-state index contributed by atoms with van der Waals surface area (Å²) in [5, 5.41) is 17.9. The molecule has 1 heterocycles. The molecule has 98 valence electrons. The summed E-state index contributed by atoms with van der Waals surface area (Å²) < 4.78 is 13.1. The van der Waals surface area contributed by atoms with Crippen molar-refractivity contribution in [2.75, 3.05) is 13.1 Å². The topological polar surface area (TPSA) is 60.8 Å². The van der Waals surface area contributed by atoms with E-state index in [-0.39, 0.29) is 17.6 Å². The van der Waals surface area contributed by atoms with Gasteiger partial charge in [-0.2, -0.15) is 0 Å². The smallest absolute Gasteiger partial charge is 0.306 e. The number of nitrogens with zero attached hydrogens (tertiary/aromatic N) is 1. The molecule has 0 aromatic heterocycles. The number of hydrogen-bond donors (Lipinski definition) is 2. The third-order valence-electron chi connectivity index (χ3n) is 3.50. The molecule has 1 saturated heterocycles. The third kappa shape index (κ3) is 2.61. The molecule has 2 N–H and O–H groups in total. The van der Waals surface area contributed by atoms with E-state index < -0.39 is 11.8 Å². The number of benzene rings is 1. The molecule has 1 unspecified atom stereocenters. The molecular formula is C13H16FNO3. The summed E-state index contributed by atoms with van der Waals surface area (Å²) in [6.45, 7) is 3.73. The van der Waals surface area contributed by atoms with E-state index >= 15 is 0 Å². The van der Waals surface area contributed by atoms with Gasteiger partial charge in [0.25, 0.3) is 0 Å². The number of carboxylic acid groups (broad SMARTS) is 1. The van der Waals surface area contributed by atoms with E-state index in [1.165, 1.54) is 12.1 Å². The maximum Gasteiger partial charge on any atom is 0.306 e. The van der Waals surface area contributed by atoms with Gasteiger partial charge in [-0.3, -0.25) is 9.69 Å². The van der Waals surface area contributed by atoms with Crippen LogP contribution in [0.5, 0.6) is 5.75 Å². The maximum atomic E-state index is 13.1. The van der Waals surface area contributed by atoms with Crippen LogP contribution in [0.3, 0.4) is 0 Å². The van der Waals surface area contributed by atoms with Crippen molar-refractivity contribution in [3.8, 4) is 5.75 Å². The average Bonchev–Trinajstić information content (AvgIpc) is 2.26. The number of aliphatic carboxylic acids is 1. The third-order valence-corrected chi connectivity index (χ3v) is 3.50. The van der Waals surface area contributed by atoms with Crippen LogP contribution in [0, 0.1) is 17.7 Å². The fourth-order valence-electron chi connectivity index (χ4n) is 2.16. The average molecular weight is 253 g/mol. The Bertz CT molecular complexity index is 458. The Balaban J connectivity index is 1.86. The molecule has 0 bridgehead atoms. The van der Waals surface area contributed by atoms with Crippen molar-refractivity contribution < 1.29 is 19.4 Å². The van der Waals surface area contributed by atoms with Gasteiger partial charge >= 0.3 is 5.97 Å². The number of likely N-dealkylation sites (tertiary alicyclic amines) is 1. The van der Waals surface area contributed by atoms with Crippen molar-refractivity contribution in [2.45, 2.75) is 13.5 Å². The fraction of sp³-hybridized carbons (Fsp3) is 0.462. The summed E-state index contributed by atoms with van der Waals surface area (Å²) in [4.78, 5) is 12.9. The number of carbonyl (C=O) groups is 1. The molecule has 0 amide bonds. The van der Waals surface area contributed by atoms with Gasteiger partial charge in [-0.15, -0.1) is 0 Å². The van der Waals surface area contributed by atoms with Gasteiger partial charge in [0.1, 0.15) is 0 Å². The number of phenols is 1. The number of hydrogen-bond acceptors (Lipinski definition) is 3. The SMILES string of the molecule is CC(C(=O)O)C1CN(Cc2ccc(O)c(F)c2)C1. The Kier molecular flexibility index (Phi) is 3.52. The Morgan fingerprint density at radius 3 is 2.78 bits per heavy atom. The lowest BCUT2D eigenvalue weighted by molar-refractivity contribution is -0.145. The molecule has 0 radical (unpaired) electrons. The molecule has 0 aliphatic carbocycles. The van der Waals surface area contributed by atoms with Gasteiger partial charge in [0.2, 0.25) is 0 Å². The Labute approximate surface area is 105 Å². The molecule has 0 spiro atoms. The van der Waals surface area contributed by atoms with E-state index in [0.29, 0.717) is 6.54 Å². The van der Waals surface area contributed by atoms with E-state index in [1.54, 1.807) is 13.0 Å². The van der Waals surface area contributed by atoms with Crippen LogP contribution in [0.1, 0.15) is 12.5 Å². The summed E-state index contributed by atoms with van der Waals surface area (Å²) >= 11 is 0. The van der Waals surface area contributed by atoms with E-state index in [9.17, 15) is 9.18 Å². The predicted molar refractivity (Wildman–Crippen MR) is 63.6 cm³/mol. The van der Waals surface area contributed by atoms with Crippen molar-refractivity contribution in [1.82, 2.24) is 4.90 Å². The molecule has 1 aromatic rings. The summed E-state index contributed by atoms with van der Waals surface area (Å²) in [7, 11) is 0. The first kappa shape index (κ1) is 12.8. The van der Waals surface area contributed by atoms with E-state index in [4.69, 9.17) is 10.2 Å². The van der Waals surface area contributed by atoms with Crippen molar-refractivity contribution in [2.24, 2.45) is 11.8 Å². The van der Waals surface area contributed by atoms with Gasteiger partial charge in [-0.1, -0.05) is 13.0 Å². The van der Waals surface area contributed by atoms with E-state index in [2.05, 4.69) is 4.90 Å². The minimum atomic E-state index is -0.768. The first-order chi connectivity index (χ1) is 8.47. The van der Waals surface area contributed by atoms with Crippen LogP contribution in [0.15, 0.2) is 18.2 Å². The zero-order valence-electron chi connectivity index (χ0n) is 10.1. The molecule has 5 heteroatoms. The van der Waals surface area contributed by atoms with Crippen molar-refractivity contribution in [3.63, 3.8) is 0 Å². The minimum absolute atomic E-state index is 0.171. The highest BCUT2D eigenvalue weighted by Crippen LogP contribution is 2.26. The van der Waals surface area contributed by atoms with Crippen molar-refractivity contribution in [3.05, 3.63) is 29.6 Å². The number of rotatable bonds is 4. The van der Waals surface area contributed by atoms with E-state index in [1.807, 2.05) is 0 Å². The Hall–Kier alpha value is -1.62. The van der Waals surface area contributed by atoms with E-state index in [0.717, 1.165) is 18.7 Å². The highest BCUT2D eigenvalue weighted by Gasteiger charge is 2.34. The van der Waals surface area contributed by atoms with Crippen LogP contribution >= 0.6 is 0 Å². The molecule has 1 fully saturated rings. The van der Waals surface area contributed by atoms with Gasteiger partial charge in [0.15, 0.2) is 11.6 Å². The number of halogens is 1. The van der Waals surface area contributed by atoms with Gasteiger partial charge in [0.05, 0.1) is 5.92 Å². The van der Waals surface area contributed by atoms with Gasteiger partial charge in [-0.05, 0) is 23.6 Å². The largest absolute Gasteiger partial charge is 0.505 e. The maximum absolute atomic E-state index is 13.1. The normalized spacial score (nSPS) is 18.3. The number of aromatic hydroxyl groups is 1. The van der Waals surface area contributed by atoms with Crippen LogP contribution in [0.4, 0.5) is 4.39 Å². The zero-order valence-corrected chi connectivity index (χ0v) is 10.1. The second-order valence-corrected chi connectivity index (χ2v) is 4.87. The zero-order chi connectivity index (χ0) is 13.3. The molecule has 4 nitrogen and oxygen atoms in total. The molecule has 18 heavy (non-hydrogen) atoms. The molecule has 1 aliphatic heterocycles. The highest BCUT2D eigenvalue weighted by molar-refractivity contribution is 5.70. The van der Waals surface area contributed by atoms with Crippen LogP contribution in [0.25, 0.3) is 0 Å². The number of phenolic OH excluding ortho intramolecular Hbond substituents is 1. The van der Waals surface area contributed by atoms with Crippen molar-refractivity contribution in [1.29, 1.82) is 0 Å². The van der Waals surface area contributed by atoms with Gasteiger partial charge < -0.3 is 10.2 Å². The lowest BCUT2D eigenvalue weighted by atomic mass is 9.87. The predicted octanol–water partition coefficient (Wildman–Crippen LogP) is 1.68. The molecule has 1 atom stereocenters. The lowest BCUT2D eigenvalue weighted by Gasteiger charge is -2.41. The first-order valence-corrected chi connectivity index (χ1v) is 5.90. The van der Waals surface area contributed by atoms with Crippen LogP contribution in [-0.2, 0) is 11.3 Å².